The number of carbonyl (C=O) groups excluding carboxylic acids is 2. The highest BCUT2D eigenvalue weighted by Crippen LogP contribution is 2.21. The number of ketones is 1. The number of aryl methyl sites for hydroxylation is 2. The number of hydrogen-bond acceptors (Lipinski definition) is 6. The molecule has 0 spiro atoms. The maximum atomic E-state index is 12.7. The van der Waals surface area contributed by atoms with E-state index in [4.69, 9.17) is 9.26 Å². The highest BCUT2D eigenvalue weighted by molar-refractivity contribution is 6.00. The van der Waals surface area contributed by atoms with Gasteiger partial charge in [-0.15, -0.1) is 0 Å². The molecular formula is C22H19N3O4. The van der Waals surface area contributed by atoms with Gasteiger partial charge in [-0.2, -0.15) is 0 Å². The molecule has 0 saturated heterocycles. The monoisotopic (exact) mass is 389 g/mol. The maximum Gasteiger partial charge on any atom is 0.357 e. The molecule has 0 amide bonds. The highest BCUT2D eigenvalue weighted by atomic mass is 16.5. The molecule has 0 aliphatic carbocycles. The number of ether oxygens (including phenoxy) is 1. The van der Waals surface area contributed by atoms with Gasteiger partial charge in [0.15, 0.2) is 12.4 Å². The number of hydrogen-bond donors (Lipinski definition) is 0. The summed E-state index contributed by atoms with van der Waals surface area (Å²) in [5.41, 5.74) is 2.88. The summed E-state index contributed by atoms with van der Waals surface area (Å²) in [5.74, 6) is 0.356. The lowest BCUT2D eigenvalue weighted by Crippen LogP contribution is -2.16. The molecule has 0 N–H and O–H groups in total. The van der Waals surface area contributed by atoms with Gasteiger partial charge in [0.25, 0.3) is 0 Å². The van der Waals surface area contributed by atoms with Crippen LogP contribution in [0.5, 0.6) is 0 Å². The normalized spacial score (nSPS) is 11.0. The number of nitrogens with zero attached hydrogens (tertiary/aromatic N) is 3. The molecule has 3 aromatic heterocycles. The topological polar surface area (TPSA) is 87.2 Å². The SMILES string of the molecule is Cc1cc(-n2c(C)cc(C(=O)COC(=O)c3ccc4ccccc4n3)c2C)no1. The lowest BCUT2D eigenvalue weighted by Gasteiger charge is -2.06. The predicted molar refractivity (Wildman–Crippen MR) is 106 cm³/mol. The van der Waals surface area contributed by atoms with Crippen LogP contribution in [0.4, 0.5) is 0 Å². The molecule has 146 valence electrons. The molecule has 29 heavy (non-hydrogen) atoms. The van der Waals surface area contributed by atoms with Gasteiger partial charge in [-0.25, -0.2) is 9.78 Å². The first-order valence-electron chi connectivity index (χ1n) is 9.13. The van der Waals surface area contributed by atoms with E-state index in [0.717, 1.165) is 11.1 Å². The fraction of sp³-hybridized carbons (Fsp3) is 0.182. The Morgan fingerprint density at radius 3 is 2.62 bits per heavy atom. The van der Waals surface area contributed by atoms with Gasteiger partial charge in [-0.05, 0) is 39.0 Å². The van der Waals surface area contributed by atoms with Gasteiger partial charge >= 0.3 is 5.97 Å². The van der Waals surface area contributed by atoms with Crippen LogP contribution in [0, 0.1) is 20.8 Å². The number of fused-ring (bicyclic) bond motifs is 1. The highest BCUT2D eigenvalue weighted by Gasteiger charge is 2.20. The van der Waals surface area contributed by atoms with Crippen molar-refractivity contribution in [1.82, 2.24) is 14.7 Å². The van der Waals surface area contributed by atoms with E-state index in [1.807, 2.05) is 42.7 Å². The summed E-state index contributed by atoms with van der Waals surface area (Å²) in [6.07, 6.45) is 0. The van der Waals surface area contributed by atoms with Crippen molar-refractivity contribution in [3.63, 3.8) is 0 Å². The summed E-state index contributed by atoms with van der Waals surface area (Å²) in [7, 11) is 0. The van der Waals surface area contributed by atoms with Crippen LogP contribution in [0.25, 0.3) is 16.7 Å². The standard InChI is InChI=1S/C22H19N3O4/c1-13-10-17(15(3)25(13)21-11-14(2)29-24-21)20(26)12-28-22(27)19-9-8-16-6-4-5-7-18(16)23-19/h4-11H,12H2,1-3H3. The Morgan fingerprint density at radius 1 is 1.07 bits per heavy atom. The Balaban J connectivity index is 1.50. The largest absolute Gasteiger partial charge is 0.453 e. The van der Waals surface area contributed by atoms with Gasteiger partial charge < -0.3 is 9.26 Å². The Kier molecular flexibility index (Phi) is 4.72. The predicted octanol–water partition coefficient (Wildman–Crippen LogP) is 3.98. The summed E-state index contributed by atoms with van der Waals surface area (Å²) >= 11 is 0. The summed E-state index contributed by atoms with van der Waals surface area (Å²) in [4.78, 5) is 29.3. The van der Waals surface area contributed by atoms with Crippen molar-refractivity contribution < 1.29 is 18.8 Å². The number of benzene rings is 1. The van der Waals surface area contributed by atoms with Crippen LogP contribution < -0.4 is 0 Å². The minimum Gasteiger partial charge on any atom is -0.453 e. The minimum absolute atomic E-state index is 0.167. The third kappa shape index (κ3) is 3.54. The van der Waals surface area contributed by atoms with E-state index in [1.54, 1.807) is 31.2 Å². The van der Waals surface area contributed by atoms with Crippen LogP contribution in [0.15, 0.2) is 53.1 Å². The van der Waals surface area contributed by atoms with Crippen LogP contribution in [-0.2, 0) is 4.74 Å². The summed E-state index contributed by atoms with van der Waals surface area (Å²) in [6, 6.07) is 14.4. The first-order chi connectivity index (χ1) is 13.9. The third-order valence-corrected chi connectivity index (χ3v) is 4.72. The molecule has 7 heteroatoms. The molecule has 0 fully saturated rings. The Bertz CT molecular complexity index is 1240. The molecule has 0 radical (unpaired) electrons. The number of para-hydroxylation sites is 1. The molecule has 0 saturated carbocycles. The lowest BCUT2D eigenvalue weighted by atomic mass is 10.1. The van der Waals surface area contributed by atoms with Gasteiger partial charge in [0.1, 0.15) is 11.5 Å². The average molecular weight is 389 g/mol. The lowest BCUT2D eigenvalue weighted by molar-refractivity contribution is 0.0469. The summed E-state index contributed by atoms with van der Waals surface area (Å²) in [5, 5.41) is 4.93. The van der Waals surface area contributed by atoms with Gasteiger partial charge in [-0.1, -0.05) is 29.4 Å². The van der Waals surface area contributed by atoms with Crippen molar-refractivity contribution in [2.45, 2.75) is 20.8 Å². The molecule has 0 unspecified atom stereocenters. The van der Waals surface area contributed by atoms with E-state index >= 15 is 0 Å². The number of pyridine rings is 1. The minimum atomic E-state index is -0.634. The molecule has 0 aliphatic heterocycles. The first-order valence-corrected chi connectivity index (χ1v) is 9.13. The van der Waals surface area contributed by atoms with Crippen LogP contribution in [0.3, 0.4) is 0 Å². The van der Waals surface area contributed by atoms with Gasteiger partial charge in [0, 0.05) is 28.4 Å². The fourth-order valence-corrected chi connectivity index (χ4v) is 3.32. The Morgan fingerprint density at radius 2 is 1.86 bits per heavy atom. The van der Waals surface area contributed by atoms with Crippen LogP contribution >= 0.6 is 0 Å². The van der Waals surface area contributed by atoms with Gasteiger partial charge in [0.2, 0.25) is 5.78 Å². The van der Waals surface area contributed by atoms with Crippen LogP contribution in [-0.4, -0.2) is 33.1 Å². The second-order valence-electron chi connectivity index (χ2n) is 6.80. The van der Waals surface area contributed by atoms with E-state index in [0.29, 0.717) is 28.4 Å². The number of esters is 1. The molecule has 4 aromatic rings. The molecule has 3 heterocycles. The van der Waals surface area contributed by atoms with Crippen molar-refractivity contribution >= 4 is 22.7 Å². The number of rotatable bonds is 5. The molecule has 7 nitrogen and oxygen atoms in total. The molecule has 0 atom stereocenters. The van der Waals surface area contributed by atoms with Crippen LogP contribution in [0.1, 0.15) is 38.0 Å². The zero-order valence-corrected chi connectivity index (χ0v) is 16.3. The van der Waals surface area contributed by atoms with E-state index in [-0.39, 0.29) is 18.1 Å². The van der Waals surface area contributed by atoms with E-state index in [1.165, 1.54) is 0 Å². The van der Waals surface area contributed by atoms with Gasteiger partial charge in [-0.3, -0.25) is 9.36 Å². The van der Waals surface area contributed by atoms with Crippen LogP contribution in [0.2, 0.25) is 0 Å². The first kappa shape index (κ1) is 18.6. The molecule has 0 aliphatic rings. The average Bonchev–Trinajstić information content (AvgIpc) is 3.27. The zero-order chi connectivity index (χ0) is 20.5. The number of Topliss-reactive ketones (excluding diaryl/α,β-unsaturated/α-hetero) is 1. The van der Waals surface area contributed by atoms with Crippen molar-refractivity contribution in [3.05, 3.63) is 76.9 Å². The van der Waals surface area contributed by atoms with Crippen molar-refractivity contribution in [3.8, 4) is 5.82 Å². The number of aromatic nitrogens is 3. The fourth-order valence-electron chi connectivity index (χ4n) is 3.32. The second kappa shape index (κ2) is 7.35. The van der Waals surface area contributed by atoms with Crippen molar-refractivity contribution in [1.29, 1.82) is 0 Å². The van der Waals surface area contributed by atoms with E-state index in [9.17, 15) is 9.59 Å². The number of carbonyl (C=O) groups is 2. The van der Waals surface area contributed by atoms with E-state index in [2.05, 4.69) is 10.1 Å². The van der Waals surface area contributed by atoms with Crippen molar-refractivity contribution in [2.75, 3.05) is 6.61 Å². The molecule has 0 bridgehead atoms. The zero-order valence-electron chi connectivity index (χ0n) is 16.3. The Labute approximate surface area is 166 Å². The summed E-state index contributed by atoms with van der Waals surface area (Å²) in [6.45, 7) is 5.13. The van der Waals surface area contributed by atoms with Gasteiger partial charge in [0.05, 0.1) is 5.52 Å². The van der Waals surface area contributed by atoms with E-state index < -0.39 is 5.97 Å². The van der Waals surface area contributed by atoms with Crippen molar-refractivity contribution in [2.24, 2.45) is 0 Å². The Hall–Kier alpha value is -3.74. The third-order valence-electron chi connectivity index (χ3n) is 4.72. The second-order valence-corrected chi connectivity index (χ2v) is 6.80. The molecule has 4 rings (SSSR count). The molecule has 1 aromatic carbocycles. The molecular weight excluding hydrogens is 370 g/mol. The summed E-state index contributed by atoms with van der Waals surface area (Å²) < 4.78 is 12.2. The smallest absolute Gasteiger partial charge is 0.357 e. The quantitative estimate of drug-likeness (QED) is 0.379. The maximum absolute atomic E-state index is 12.7.